The minimum atomic E-state index is -3.74. The van der Waals surface area contributed by atoms with Crippen LogP contribution in [0.3, 0.4) is 0 Å². The van der Waals surface area contributed by atoms with Crippen LogP contribution in [0, 0.1) is 0 Å². The van der Waals surface area contributed by atoms with Crippen LogP contribution in [0.1, 0.15) is 26.3 Å². The van der Waals surface area contributed by atoms with Crippen LogP contribution in [0.5, 0.6) is 11.5 Å². The maximum absolute atomic E-state index is 12.4. The first-order valence-corrected chi connectivity index (χ1v) is 11.5. The average Bonchev–Trinajstić information content (AvgIpc) is 2.86. The minimum Gasteiger partial charge on any atom is -0.497 e. The monoisotopic (exact) mass is 481 g/mol. The van der Waals surface area contributed by atoms with Crippen molar-refractivity contribution in [2.24, 2.45) is 0 Å². The van der Waals surface area contributed by atoms with Crippen LogP contribution >= 0.6 is 0 Å². The topological polar surface area (TPSA) is 123 Å². The molecule has 2 amide bonds. The molecule has 0 heterocycles. The highest BCUT2D eigenvalue weighted by Crippen LogP contribution is 2.22. The maximum Gasteiger partial charge on any atom is 0.269 e. The van der Waals surface area contributed by atoms with Crippen LogP contribution in [-0.2, 0) is 10.0 Å². The van der Waals surface area contributed by atoms with Crippen LogP contribution in [0.2, 0.25) is 0 Å². The Balaban J connectivity index is 1.59. The second kappa shape index (κ2) is 11.0. The summed E-state index contributed by atoms with van der Waals surface area (Å²) in [6.07, 6.45) is 1.48. The molecule has 0 saturated heterocycles. The van der Waals surface area contributed by atoms with Crippen LogP contribution in [-0.4, -0.2) is 34.5 Å². The molecule has 9 nitrogen and oxygen atoms in total. The van der Waals surface area contributed by atoms with Crippen molar-refractivity contribution < 1.29 is 27.5 Å². The average molecular weight is 482 g/mol. The molecule has 0 unspecified atom stereocenters. The molecule has 3 rings (SSSR count). The van der Waals surface area contributed by atoms with Gasteiger partial charge in [-0.3, -0.25) is 25.2 Å². The quantitative estimate of drug-likeness (QED) is 0.425. The summed E-state index contributed by atoms with van der Waals surface area (Å²) in [7, 11) is -0.818. The van der Waals surface area contributed by atoms with Gasteiger partial charge in [0.2, 0.25) is 0 Å². The highest BCUT2D eigenvalue weighted by molar-refractivity contribution is 7.95. The van der Waals surface area contributed by atoms with E-state index < -0.39 is 21.8 Å². The Bertz CT molecular complexity index is 1270. The zero-order valence-corrected chi connectivity index (χ0v) is 19.3. The summed E-state index contributed by atoms with van der Waals surface area (Å²) in [5, 5.41) is 1.06. The number of nitrogens with one attached hydrogen (secondary N) is 3. The third-order valence-corrected chi connectivity index (χ3v) is 5.56. The van der Waals surface area contributed by atoms with Crippen LogP contribution < -0.4 is 25.0 Å². The predicted molar refractivity (Wildman–Crippen MR) is 129 cm³/mol. The first-order chi connectivity index (χ1) is 16.3. The van der Waals surface area contributed by atoms with E-state index in [0.29, 0.717) is 11.5 Å². The fourth-order valence-corrected chi connectivity index (χ4v) is 3.69. The normalized spacial score (nSPS) is 11.0. The van der Waals surface area contributed by atoms with E-state index in [9.17, 15) is 18.0 Å². The van der Waals surface area contributed by atoms with Gasteiger partial charge in [-0.25, -0.2) is 8.42 Å². The first-order valence-electron chi connectivity index (χ1n) is 9.99. The molecule has 0 saturated carbocycles. The van der Waals surface area contributed by atoms with Crippen molar-refractivity contribution in [3.8, 4) is 11.5 Å². The molecular weight excluding hydrogens is 458 g/mol. The first kappa shape index (κ1) is 24.3. The van der Waals surface area contributed by atoms with Crippen molar-refractivity contribution in [3.63, 3.8) is 0 Å². The van der Waals surface area contributed by atoms with Crippen molar-refractivity contribution >= 4 is 33.6 Å². The summed E-state index contributed by atoms with van der Waals surface area (Å²) in [6.45, 7) is 0. The Labute approximate surface area is 197 Å². The van der Waals surface area contributed by atoms with Gasteiger partial charge in [-0.1, -0.05) is 30.3 Å². The van der Waals surface area contributed by atoms with E-state index in [-0.39, 0.29) is 16.8 Å². The molecule has 34 heavy (non-hydrogen) atoms. The lowest BCUT2D eigenvalue weighted by Crippen LogP contribution is -2.41. The number of hydrazine groups is 1. The molecule has 0 radical (unpaired) electrons. The number of hydrogen-bond acceptors (Lipinski definition) is 6. The molecule has 0 aliphatic carbocycles. The van der Waals surface area contributed by atoms with E-state index in [4.69, 9.17) is 9.47 Å². The fraction of sp³-hybridized carbons (Fsp3) is 0.0833. The van der Waals surface area contributed by atoms with Gasteiger partial charge >= 0.3 is 0 Å². The van der Waals surface area contributed by atoms with Crippen molar-refractivity contribution in [1.29, 1.82) is 0 Å². The van der Waals surface area contributed by atoms with Gasteiger partial charge in [-0.05, 0) is 48.0 Å². The number of benzene rings is 3. The van der Waals surface area contributed by atoms with Crippen molar-refractivity contribution in [2.75, 3.05) is 18.9 Å². The van der Waals surface area contributed by atoms with Gasteiger partial charge in [0.1, 0.15) is 11.5 Å². The van der Waals surface area contributed by atoms with Gasteiger partial charge in [-0.15, -0.1) is 0 Å². The number of hydrogen-bond donors (Lipinski definition) is 3. The maximum atomic E-state index is 12.4. The van der Waals surface area contributed by atoms with Crippen molar-refractivity contribution in [1.82, 2.24) is 10.9 Å². The molecule has 0 bridgehead atoms. The lowest BCUT2D eigenvalue weighted by molar-refractivity contribution is 0.0846. The molecule has 0 atom stereocenters. The fourth-order valence-electron chi connectivity index (χ4n) is 2.82. The molecule has 0 aromatic heterocycles. The van der Waals surface area contributed by atoms with E-state index in [2.05, 4.69) is 15.6 Å². The summed E-state index contributed by atoms with van der Waals surface area (Å²) in [5.74, 6) is -0.304. The zero-order chi connectivity index (χ0) is 24.6. The summed E-state index contributed by atoms with van der Waals surface area (Å²) in [6, 6.07) is 19.4. The second-order valence-electron chi connectivity index (χ2n) is 6.95. The molecule has 3 N–H and O–H groups in total. The number of anilines is 1. The number of carbonyl (C=O) groups excluding carboxylic acids is 2. The lowest BCUT2D eigenvalue weighted by atomic mass is 10.2. The van der Waals surface area contributed by atoms with Crippen molar-refractivity contribution in [3.05, 3.63) is 94.9 Å². The van der Waals surface area contributed by atoms with Crippen LogP contribution in [0.15, 0.2) is 78.2 Å². The molecule has 176 valence electrons. The highest BCUT2D eigenvalue weighted by atomic mass is 32.2. The second-order valence-corrected chi connectivity index (χ2v) is 8.51. The summed E-state index contributed by atoms with van der Waals surface area (Å²) < 4.78 is 37.2. The molecule has 0 fully saturated rings. The van der Waals surface area contributed by atoms with Gasteiger partial charge in [0.05, 0.1) is 19.6 Å². The highest BCUT2D eigenvalue weighted by Gasteiger charge is 2.13. The molecule has 3 aromatic rings. The standard InChI is InChI=1S/C24H23N3O6S/c1-32-21-14-19(15-22(16-21)33-2)24(29)26-25-23(28)18-8-10-20(11-9-18)27-34(30,31)13-12-17-6-4-3-5-7-17/h3-16,27H,1-2H3,(H,25,28)(H,26,29). The number of ether oxygens (including phenoxy) is 2. The van der Waals surface area contributed by atoms with Crippen molar-refractivity contribution in [2.45, 2.75) is 0 Å². The number of carbonyl (C=O) groups is 2. The van der Waals surface area contributed by atoms with Gasteiger partial charge in [0.15, 0.2) is 0 Å². The number of rotatable bonds is 8. The van der Waals surface area contributed by atoms with E-state index in [1.54, 1.807) is 30.3 Å². The number of sulfonamides is 1. The largest absolute Gasteiger partial charge is 0.497 e. The lowest BCUT2D eigenvalue weighted by Gasteiger charge is -2.10. The Morgan fingerprint density at radius 1 is 0.765 bits per heavy atom. The van der Waals surface area contributed by atoms with E-state index in [0.717, 1.165) is 11.0 Å². The van der Waals surface area contributed by atoms with Crippen LogP contribution in [0.4, 0.5) is 5.69 Å². The van der Waals surface area contributed by atoms with Gasteiger partial charge in [0.25, 0.3) is 21.8 Å². The Kier molecular flexibility index (Phi) is 7.88. The van der Waals surface area contributed by atoms with Gasteiger partial charge in [0, 0.05) is 22.9 Å². The number of amides is 2. The Morgan fingerprint density at radius 3 is 1.88 bits per heavy atom. The van der Waals surface area contributed by atoms with Crippen LogP contribution in [0.25, 0.3) is 6.08 Å². The SMILES string of the molecule is COc1cc(OC)cc(C(=O)NNC(=O)c2ccc(NS(=O)(=O)C=Cc3ccccc3)cc2)c1. The van der Waals surface area contributed by atoms with Gasteiger partial charge < -0.3 is 9.47 Å². The van der Waals surface area contributed by atoms with E-state index >= 15 is 0 Å². The summed E-state index contributed by atoms with van der Waals surface area (Å²) >= 11 is 0. The Hall–Kier alpha value is -4.31. The Morgan fingerprint density at radius 2 is 1.32 bits per heavy atom. The van der Waals surface area contributed by atoms with Gasteiger partial charge in [-0.2, -0.15) is 0 Å². The third-order valence-electron chi connectivity index (χ3n) is 4.55. The summed E-state index contributed by atoms with van der Waals surface area (Å²) in [5.41, 5.74) is 6.09. The molecule has 3 aromatic carbocycles. The molecule has 0 spiro atoms. The zero-order valence-electron chi connectivity index (χ0n) is 18.4. The third kappa shape index (κ3) is 6.84. The molecule has 10 heteroatoms. The molecular formula is C24H23N3O6S. The summed E-state index contributed by atoms with van der Waals surface area (Å²) in [4.78, 5) is 24.7. The molecule has 0 aliphatic heterocycles. The predicted octanol–water partition coefficient (Wildman–Crippen LogP) is 3.19. The minimum absolute atomic E-state index is 0.214. The number of methoxy groups -OCH3 is 2. The van der Waals surface area contributed by atoms with E-state index in [1.165, 1.54) is 56.7 Å². The van der Waals surface area contributed by atoms with E-state index in [1.807, 2.05) is 6.07 Å². The smallest absolute Gasteiger partial charge is 0.269 e. The molecule has 0 aliphatic rings.